The Labute approximate surface area is 316 Å². The number of hydrogen-bond donors (Lipinski definition) is 17. The van der Waals surface area contributed by atoms with E-state index in [-0.39, 0.29) is 0 Å². The molecule has 0 spiro atoms. The number of aliphatic hydroxyl groups excluding tert-OH is 17. The van der Waals surface area contributed by atoms with E-state index in [0.29, 0.717) is 0 Å². The largest absolute Gasteiger partial charge is 0.394 e. The lowest BCUT2D eigenvalue weighted by atomic mass is 9.95. The van der Waals surface area contributed by atoms with Crippen LogP contribution >= 0.6 is 0 Å². The molecule has 0 aromatic rings. The van der Waals surface area contributed by atoms with Crippen LogP contribution in [0, 0.1) is 0 Å². The summed E-state index contributed by atoms with van der Waals surface area (Å²) >= 11 is 0. The highest BCUT2D eigenvalue weighted by Gasteiger charge is 2.56. The minimum Gasteiger partial charge on any atom is -0.394 e. The third-order valence-corrected chi connectivity index (χ3v) is 10.3. The molecule has 26 nitrogen and oxygen atoms in total. The first-order valence-electron chi connectivity index (χ1n) is 17.6. The Morgan fingerprint density at radius 1 is 0.304 bits per heavy atom. The lowest BCUT2D eigenvalue weighted by Gasteiger charge is -2.49. The first-order chi connectivity index (χ1) is 26.5. The number of ether oxygens (including phenoxy) is 9. The van der Waals surface area contributed by atoms with Crippen molar-refractivity contribution in [2.24, 2.45) is 0 Å². The van der Waals surface area contributed by atoms with Gasteiger partial charge in [0.25, 0.3) is 0 Å². The zero-order valence-electron chi connectivity index (χ0n) is 29.2. The highest BCUT2D eigenvalue weighted by molar-refractivity contribution is 4.98. The van der Waals surface area contributed by atoms with Gasteiger partial charge in [-0.3, -0.25) is 0 Å². The molecule has 0 radical (unpaired) electrons. The molecule has 0 bridgehead atoms. The molecule has 25 atom stereocenters. The summed E-state index contributed by atoms with van der Waals surface area (Å²) in [6.45, 7) is -4.38. The lowest BCUT2D eigenvalue weighted by Crippen LogP contribution is -2.68. The average molecular weight is 829 g/mol. The van der Waals surface area contributed by atoms with Crippen LogP contribution in [0.2, 0.25) is 0 Å². The van der Waals surface area contributed by atoms with Gasteiger partial charge >= 0.3 is 0 Å². The molecule has 0 aromatic carbocycles. The zero-order valence-corrected chi connectivity index (χ0v) is 29.2. The van der Waals surface area contributed by atoms with E-state index in [1.165, 1.54) is 0 Å². The highest BCUT2D eigenvalue weighted by atomic mass is 16.8. The fourth-order valence-electron chi connectivity index (χ4n) is 6.91. The number of rotatable bonds is 13. The maximum absolute atomic E-state index is 11.4. The van der Waals surface area contributed by atoms with E-state index in [9.17, 15) is 86.8 Å². The Bertz CT molecular complexity index is 1200. The summed E-state index contributed by atoms with van der Waals surface area (Å²) < 4.78 is 49.1. The first-order valence-corrected chi connectivity index (χ1v) is 17.6. The van der Waals surface area contributed by atoms with Crippen molar-refractivity contribution in [3.05, 3.63) is 0 Å². The van der Waals surface area contributed by atoms with Gasteiger partial charge in [0.05, 0.1) is 33.0 Å². The summed E-state index contributed by atoms with van der Waals surface area (Å²) in [6, 6.07) is 0. The Morgan fingerprint density at radius 3 is 1.07 bits per heavy atom. The van der Waals surface area contributed by atoms with Crippen molar-refractivity contribution in [3.63, 3.8) is 0 Å². The van der Waals surface area contributed by atoms with Gasteiger partial charge in [-0.15, -0.1) is 0 Å². The second-order valence-electron chi connectivity index (χ2n) is 14.0. The van der Waals surface area contributed by atoms with Crippen LogP contribution in [0.15, 0.2) is 0 Å². The summed E-state index contributed by atoms with van der Waals surface area (Å²) in [4.78, 5) is 0. The van der Waals surface area contributed by atoms with Gasteiger partial charge in [-0.1, -0.05) is 0 Å². The minimum absolute atomic E-state index is 0.823. The monoisotopic (exact) mass is 828 g/mol. The standard InChI is InChI=1S/C30H52O26/c31-1-6-11(35)16(40)18(42)27(50-6)48-5-10-15(39)25(22(46)30(53-10)54-23-13(37)8(3-33)49-26(47)20(23)44)56-29-21(45)24(14(38)9(4-34)52-29)55-28-19(43)17(41)12(36)7(2-32)51-28/h6-47H,1-5H2/t6-,7-,8-,9-,10-,11-,12-,13-,14-,15-,16+,17+,18-,19-,20-,21-,22-,23+,24+,25+,26-,27-,28+,29+,30+/m1/s1. The fourth-order valence-corrected chi connectivity index (χ4v) is 6.91. The Kier molecular flexibility index (Phi) is 16.1. The summed E-state index contributed by atoms with van der Waals surface area (Å²) in [7, 11) is 0. The van der Waals surface area contributed by atoms with Crippen LogP contribution in [0.3, 0.4) is 0 Å². The van der Waals surface area contributed by atoms with Crippen LogP contribution < -0.4 is 0 Å². The third-order valence-electron chi connectivity index (χ3n) is 10.3. The van der Waals surface area contributed by atoms with Crippen LogP contribution in [-0.4, -0.2) is 273 Å². The van der Waals surface area contributed by atoms with Crippen molar-refractivity contribution >= 4 is 0 Å². The average Bonchev–Trinajstić information content (AvgIpc) is 3.18. The predicted molar refractivity (Wildman–Crippen MR) is 167 cm³/mol. The molecule has 56 heavy (non-hydrogen) atoms. The van der Waals surface area contributed by atoms with Crippen molar-refractivity contribution < 1.29 is 129 Å². The van der Waals surface area contributed by atoms with E-state index in [1.54, 1.807) is 0 Å². The summed E-state index contributed by atoms with van der Waals surface area (Å²) in [5.74, 6) is 0. The van der Waals surface area contributed by atoms with Crippen molar-refractivity contribution in [1.29, 1.82) is 0 Å². The summed E-state index contributed by atoms with van der Waals surface area (Å²) in [5.41, 5.74) is 0. The van der Waals surface area contributed by atoms with Crippen LogP contribution in [0.4, 0.5) is 0 Å². The van der Waals surface area contributed by atoms with E-state index in [0.717, 1.165) is 0 Å². The molecule has 26 heteroatoms. The molecule has 5 saturated heterocycles. The van der Waals surface area contributed by atoms with Crippen molar-refractivity contribution in [3.8, 4) is 0 Å². The van der Waals surface area contributed by atoms with Gasteiger partial charge in [0.15, 0.2) is 31.5 Å². The first kappa shape index (κ1) is 46.0. The fraction of sp³-hybridized carbons (Fsp3) is 1.00. The Morgan fingerprint density at radius 2 is 0.625 bits per heavy atom. The highest BCUT2D eigenvalue weighted by Crippen LogP contribution is 2.35. The predicted octanol–water partition coefficient (Wildman–Crippen LogP) is -11.9. The maximum atomic E-state index is 11.4. The SMILES string of the molecule is OC[C@H]1O[C@@H](OC[C@H]2O[C@@H](O[C@@H]3[C@@H](O)[C@H](O)O[C@H](CO)[C@H]3O)[C@H](O)[C@@H](O[C@@H]3O[C@H](CO)[C@@H](O)[C@H](O[C@@H]4O[C@H](CO)[C@@H](O)[C@H](O)[C@H]4O)[C@H]3O)[C@@H]2O)[C@H](O)[C@@H](O)[C@@H]1O. The van der Waals surface area contributed by atoms with Crippen LogP contribution in [0.1, 0.15) is 0 Å². The second kappa shape index (κ2) is 19.6. The smallest absolute Gasteiger partial charge is 0.187 e. The molecule has 5 rings (SSSR count). The van der Waals surface area contributed by atoms with Gasteiger partial charge in [-0.25, -0.2) is 0 Å². The zero-order chi connectivity index (χ0) is 41.3. The molecule has 0 aliphatic carbocycles. The van der Waals surface area contributed by atoms with Gasteiger partial charge in [0, 0.05) is 0 Å². The van der Waals surface area contributed by atoms with Gasteiger partial charge in [-0.2, -0.15) is 0 Å². The van der Waals surface area contributed by atoms with Crippen LogP contribution in [-0.2, 0) is 42.6 Å². The van der Waals surface area contributed by atoms with E-state index in [4.69, 9.17) is 42.6 Å². The maximum Gasteiger partial charge on any atom is 0.187 e. The quantitative estimate of drug-likeness (QED) is 0.0819. The minimum atomic E-state index is -2.19. The van der Waals surface area contributed by atoms with Crippen LogP contribution in [0.25, 0.3) is 0 Å². The topological polar surface area (TPSA) is 427 Å². The summed E-state index contributed by atoms with van der Waals surface area (Å²) in [6.07, 6.45) is -47.1. The second-order valence-corrected chi connectivity index (χ2v) is 14.0. The molecule has 5 aliphatic rings. The number of hydrogen-bond acceptors (Lipinski definition) is 26. The molecular formula is C30H52O26. The molecular weight excluding hydrogens is 776 g/mol. The molecule has 0 saturated carbocycles. The molecule has 5 aliphatic heterocycles. The number of aliphatic hydroxyl groups is 17. The molecule has 5 fully saturated rings. The van der Waals surface area contributed by atoms with Gasteiger partial charge < -0.3 is 129 Å². The Balaban J connectivity index is 1.39. The molecule has 328 valence electrons. The molecule has 5 heterocycles. The van der Waals surface area contributed by atoms with E-state index >= 15 is 0 Å². The molecule has 0 unspecified atom stereocenters. The van der Waals surface area contributed by atoms with Crippen molar-refractivity contribution in [2.75, 3.05) is 33.0 Å². The summed E-state index contributed by atoms with van der Waals surface area (Å²) in [5, 5.41) is 177. The Hall–Kier alpha value is -1.04. The van der Waals surface area contributed by atoms with Gasteiger partial charge in [0.2, 0.25) is 0 Å². The van der Waals surface area contributed by atoms with E-state index in [2.05, 4.69) is 0 Å². The third kappa shape index (κ3) is 9.31. The van der Waals surface area contributed by atoms with Gasteiger partial charge in [-0.05, 0) is 0 Å². The van der Waals surface area contributed by atoms with E-state index < -0.39 is 187 Å². The lowest BCUT2D eigenvalue weighted by molar-refractivity contribution is -0.392. The molecule has 0 amide bonds. The van der Waals surface area contributed by atoms with Crippen molar-refractivity contribution in [1.82, 2.24) is 0 Å². The van der Waals surface area contributed by atoms with Crippen LogP contribution in [0.5, 0.6) is 0 Å². The normalized spacial score (nSPS) is 53.2. The van der Waals surface area contributed by atoms with Crippen molar-refractivity contribution in [2.45, 2.75) is 154 Å². The van der Waals surface area contributed by atoms with Gasteiger partial charge in [0.1, 0.15) is 122 Å². The van der Waals surface area contributed by atoms with E-state index in [1.807, 2.05) is 0 Å². The molecule has 0 aromatic heterocycles. The molecule has 17 N–H and O–H groups in total.